The fourth-order valence-electron chi connectivity index (χ4n) is 4.63. The third kappa shape index (κ3) is 4.75. The molecule has 4 nitrogen and oxygen atoms in total. The zero-order valence-corrected chi connectivity index (χ0v) is 15.2. The molecule has 4 heteroatoms. The Labute approximate surface area is 151 Å². The maximum absolute atomic E-state index is 12.8. The third-order valence-corrected chi connectivity index (χ3v) is 6.00. The van der Waals surface area contributed by atoms with E-state index in [1.807, 2.05) is 18.2 Å². The van der Waals surface area contributed by atoms with Gasteiger partial charge in [-0.3, -0.25) is 0 Å². The summed E-state index contributed by atoms with van der Waals surface area (Å²) in [5, 5.41) is 12.5. The number of likely N-dealkylation sites (tertiary alicyclic amines) is 1. The van der Waals surface area contributed by atoms with Crippen LogP contribution in [0, 0.1) is 5.92 Å². The van der Waals surface area contributed by atoms with Gasteiger partial charge in [0.25, 0.3) is 0 Å². The molecule has 0 bridgehead atoms. The van der Waals surface area contributed by atoms with E-state index in [1.165, 1.54) is 37.7 Å². The van der Waals surface area contributed by atoms with Crippen LogP contribution >= 0.6 is 0 Å². The molecule has 1 aromatic carbocycles. The van der Waals surface area contributed by atoms with Gasteiger partial charge < -0.3 is 15.3 Å². The predicted octanol–water partition coefficient (Wildman–Crippen LogP) is 3.91. The molecule has 2 unspecified atom stereocenters. The van der Waals surface area contributed by atoms with Gasteiger partial charge in [0.15, 0.2) is 0 Å². The van der Waals surface area contributed by atoms with Gasteiger partial charge in [-0.2, -0.15) is 0 Å². The smallest absolute Gasteiger partial charge is 0.317 e. The highest BCUT2D eigenvalue weighted by Gasteiger charge is 2.35. The molecule has 2 fully saturated rings. The summed E-state index contributed by atoms with van der Waals surface area (Å²) in [7, 11) is 0. The summed E-state index contributed by atoms with van der Waals surface area (Å²) in [6.07, 6.45) is 9.54. The number of amides is 2. The number of benzene rings is 1. The minimum absolute atomic E-state index is 0.0898. The maximum atomic E-state index is 12.8. The number of rotatable bonds is 6. The molecule has 25 heavy (non-hydrogen) atoms. The minimum atomic E-state index is 0.0898. The van der Waals surface area contributed by atoms with Crippen molar-refractivity contribution in [1.82, 2.24) is 10.2 Å². The molecular formula is C21H32N2O2. The average Bonchev–Trinajstić information content (AvgIpc) is 3.16. The molecule has 0 spiro atoms. The van der Waals surface area contributed by atoms with Crippen LogP contribution in [0.1, 0.15) is 62.8 Å². The fourth-order valence-corrected chi connectivity index (χ4v) is 4.63. The van der Waals surface area contributed by atoms with Crippen molar-refractivity contribution in [3.8, 4) is 0 Å². The van der Waals surface area contributed by atoms with Crippen LogP contribution in [0.25, 0.3) is 0 Å². The van der Waals surface area contributed by atoms with Gasteiger partial charge in [0.05, 0.1) is 0 Å². The number of carbonyl (C=O) groups is 1. The lowest BCUT2D eigenvalue weighted by molar-refractivity contribution is 0.155. The SMILES string of the molecule is O=C(NCC(CCO)c1ccccc1)N1CCCC1C1CCCCC1. The number of hydrogen-bond donors (Lipinski definition) is 2. The van der Waals surface area contributed by atoms with Gasteiger partial charge in [0, 0.05) is 31.7 Å². The summed E-state index contributed by atoms with van der Waals surface area (Å²) in [5.41, 5.74) is 1.18. The summed E-state index contributed by atoms with van der Waals surface area (Å²) >= 11 is 0. The zero-order chi connectivity index (χ0) is 17.5. The van der Waals surface area contributed by atoms with Crippen LogP contribution in [0.5, 0.6) is 0 Å². The summed E-state index contributed by atoms with van der Waals surface area (Å²) in [5.74, 6) is 0.871. The molecule has 138 valence electrons. The summed E-state index contributed by atoms with van der Waals surface area (Å²) in [6, 6.07) is 10.7. The monoisotopic (exact) mass is 344 g/mol. The van der Waals surface area contributed by atoms with Gasteiger partial charge in [-0.05, 0) is 43.6 Å². The van der Waals surface area contributed by atoms with E-state index in [2.05, 4.69) is 22.3 Å². The molecule has 2 amide bonds. The van der Waals surface area contributed by atoms with E-state index >= 15 is 0 Å². The zero-order valence-electron chi connectivity index (χ0n) is 15.2. The Bertz CT molecular complexity index is 528. The Hall–Kier alpha value is -1.55. The van der Waals surface area contributed by atoms with Crippen LogP contribution in [-0.4, -0.2) is 41.8 Å². The number of nitrogens with zero attached hydrogens (tertiary/aromatic N) is 1. The second-order valence-electron chi connectivity index (χ2n) is 7.61. The molecule has 1 saturated carbocycles. The van der Waals surface area contributed by atoms with E-state index in [0.29, 0.717) is 24.9 Å². The highest BCUT2D eigenvalue weighted by Crippen LogP contribution is 2.34. The number of nitrogens with one attached hydrogen (secondary N) is 1. The predicted molar refractivity (Wildman–Crippen MR) is 101 cm³/mol. The lowest BCUT2D eigenvalue weighted by atomic mass is 9.83. The Morgan fingerprint density at radius 3 is 2.60 bits per heavy atom. The lowest BCUT2D eigenvalue weighted by Gasteiger charge is -2.34. The summed E-state index contributed by atoms with van der Waals surface area (Å²) < 4.78 is 0. The third-order valence-electron chi connectivity index (χ3n) is 6.00. The van der Waals surface area contributed by atoms with Crippen molar-refractivity contribution in [2.45, 2.75) is 63.3 Å². The fraction of sp³-hybridized carbons (Fsp3) is 0.667. The number of aliphatic hydroxyl groups is 1. The van der Waals surface area contributed by atoms with Gasteiger partial charge >= 0.3 is 6.03 Å². The average molecular weight is 344 g/mol. The topological polar surface area (TPSA) is 52.6 Å². The first kappa shape index (κ1) is 18.2. The van der Waals surface area contributed by atoms with Gasteiger partial charge in [-0.1, -0.05) is 49.6 Å². The maximum Gasteiger partial charge on any atom is 0.317 e. The molecule has 1 aromatic rings. The van der Waals surface area contributed by atoms with Crippen LogP contribution in [0.3, 0.4) is 0 Å². The van der Waals surface area contributed by atoms with Crippen molar-refractivity contribution in [3.63, 3.8) is 0 Å². The molecule has 1 aliphatic carbocycles. The van der Waals surface area contributed by atoms with Gasteiger partial charge in [0.1, 0.15) is 0 Å². The molecule has 1 aliphatic heterocycles. The molecule has 2 aliphatic rings. The second kappa shape index (κ2) is 9.23. The second-order valence-corrected chi connectivity index (χ2v) is 7.61. The largest absolute Gasteiger partial charge is 0.396 e. The van der Waals surface area contributed by atoms with E-state index in [4.69, 9.17) is 0 Å². The molecule has 1 heterocycles. The Morgan fingerprint density at radius 2 is 1.88 bits per heavy atom. The summed E-state index contributed by atoms with van der Waals surface area (Å²) in [6.45, 7) is 1.63. The first-order chi connectivity index (χ1) is 12.3. The van der Waals surface area contributed by atoms with Gasteiger partial charge in [0.2, 0.25) is 0 Å². The van der Waals surface area contributed by atoms with Gasteiger partial charge in [-0.25, -0.2) is 4.79 Å². The van der Waals surface area contributed by atoms with Gasteiger partial charge in [-0.15, -0.1) is 0 Å². The molecule has 0 aromatic heterocycles. The Balaban J connectivity index is 1.56. The van der Waals surface area contributed by atoms with Crippen LogP contribution in [0.2, 0.25) is 0 Å². The van der Waals surface area contributed by atoms with Crippen molar-refractivity contribution in [2.75, 3.05) is 19.7 Å². The van der Waals surface area contributed by atoms with Crippen LogP contribution < -0.4 is 5.32 Å². The quantitative estimate of drug-likeness (QED) is 0.822. The van der Waals surface area contributed by atoms with Crippen molar-refractivity contribution in [1.29, 1.82) is 0 Å². The highest BCUT2D eigenvalue weighted by molar-refractivity contribution is 5.75. The first-order valence-electron chi connectivity index (χ1n) is 10.00. The normalized spacial score (nSPS) is 22.8. The number of hydrogen-bond acceptors (Lipinski definition) is 2. The summed E-state index contributed by atoms with van der Waals surface area (Å²) in [4.78, 5) is 14.9. The minimum Gasteiger partial charge on any atom is -0.396 e. The Morgan fingerprint density at radius 1 is 1.12 bits per heavy atom. The van der Waals surface area contributed by atoms with Crippen molar-refractivity contribution < 1.29 is 9.90 Å². The molecular weight excluding hydrogens is 312 g/mol. The van der Waals surface area contributed by atoms with E-state index in [9.17, 15) is 9.90 Å². The highest BCUT2D eigenvalue weighted by atomic mass is 16.3. The number of carbonyl (C=O) groups excluding carboxylic acids is 1. The van der Waals surface area contributed by atoms with Crippen LogP contribution in [0.4, 0.5) is 4.79 Å². The number of urea groups is 1. The lowest BCUT2D eigenvalue weighted by Crippen LogP contribution is -2.47. The molecule has 1 saturated heterocycles. The first-order valence-corrected chi connectivity index (χ1v) is 10.00. The standard InChI is InChI=1S/C21H32N2O2/c24-15-13-19(17-8-3-1-4-9-17)16-22-21(25)23-14-7-12-20(23)18-10-5-2-6-11-18/h1,3-4,8-9,18-20,24H,2,5-7,10-16H2,(H,22,25). The molecule has 2 N–H and O–H groups in total. The van der Waals surface area contributed by atoms with E-state index < -0.39 is 0 Å². The van der Waals surface area contributed by atoms with E-state index in [1.54, 1.807) is 0 Å². The van der Waals surface area contributed by atoms with E-state index in [-0.39, 0.29) is 18.6 Å². The van der Waals surface area contributed by atoms with E-state index in [0.717, 1.165) is 19.4 Å². The van der Waals surface area contributed by atoms with Crippen LogP contribution in [0.15, 0.2) is 30.3 Å². The molecule has 0 radical (unpaired) electrons. The molecule has 2 atom stereocenters. The van der Waals surface area contributed by atoms with Crippen molar-refractivity contribution in [3.05, 3.63) is 35.9 Å². The van der Waals surface area contributed by atoms with Crippen molar-refractivity contribution >= 4 is 6.03 Å². The number of aliphatic hydroxyl groups excluding tert-OH is 1. The Kier molecular flexibility index (Phi) is 6.74. The van der Waals surface area contributed by atoms with Crippen molar-refractivity contribution in [2.24, 2.45) is 5.92 Å². The van der Waals surface area contributed by atoms with Crippen LogP contribution in [-0.2, 0) is 0 Å². The molecule has 3 rings (SSSR count).